The summed E-state index contributed by atoms with van der Waals surface area (Å²) in [6, 6.07) is 6.87. The number of aliphatic carboxylic acids is 1. The summed E-state index contributed by atoms with van der Waals surface area (Å²) in [5.41, 5.74) is 1.65. The summed E-state index contributed by atoms with van der Waals surface area (Å²) < 4.78 is 53.5. The number of aromatic nitrogens is 2. The third-order valence-electron chi connectivity index (χ3n) is 5.03. The number of carboxylic acids is 1. The zero-order valence-electron chi connectivity index (χ0n) is 18.0. The number of halogens is 4. The van der Waals surface area contributed by atoms with Crippen molar-refractivity contribution < 1.29 is 27.5 Å². The fourth-order valence-electron chi connectivity index (χ4n) is 3.33. The molecule has 0 bridgehead atoms. The van der Waals surface area contributed by atoms with Gasteiger partial charge >= 0.3 is 12.1 Å². The van der Waals surface area contributed by atoms with Crippen LogP contribution in [-0.4, -0.2) is 21.0 Å². The van der Waals surface area contributed by atoms with Gasteiger partial charge in [-0.1, -0.05) is 6.07 Å². The molecule has 0 aliphatic rings. The Bertz CT molecular complexity index is 1380. The Morgan fingerprint density at radius 2 is 1.88 bits per heavy atom. The number of rotatable bonds is 7. The van der Waals surface area contributed by atoms with Crippen molar-refractivity contribution in [1.82, 2.24) is 9.97 Å². The zero-order valence-corrected chi connectivity index (χ0v) is 20.4. The molecule has 178 valence electrons. The number of carboxylic acid groups (broad SMARTS) is 1. The van der Waals surface area contributed by atoms with E-state index < -0.39 is 23.5 Å². The van der Waals surface area contributed by atoms with Crippen LogP contribution in [0.25, 0.3) is 20.8 Å². The van der Waals surface area contributed by atoms with Crippen LogP contribution in [0.1, 0.15) is 33.1 Å². The highest BCUT2D eigenvalue weighted by molar-refractivity contribution is 7.98. The Hall–Kier alpha value is -2.50. The molecular formula is C23H18F4N2O2S3. The predicted molar refractivity (Wildman–Crippen MR) is 127 cm³/mol. The van der Waals surface area contributed by atoms with Gasteiger partial charge in [-0.25, -0.2) is 14.4 Å². The van der Waals surface area contributed by atoms with Crippen LogP contribution in [0.3, 0.4) is 0 Å². The van der Waals surface area contributed by atoms with E-state index in [0.29, 0.717) is 22.7 Å². The van der Waals surface area contributed by atoms with Crippen LogP contribution in [-0.2, 0) is 23.1 Å². The molecule has 0 spiro atoms. The van der Waals surface area contributed by atoms with E-state index in [9.17, 15) is 22.4 Å². The third kappa shape index (κ3) is 5.42. The van der Waals surface area contributed by atoms with Crippen molar-refractivity contribution in [3.05, 3.63) is 62.9 Å². The highest BCUT2D eigenvalue weighted by Gasteiger charge is 2.34. The Balaban J connectivity index is 1.51. The van der Waals surface area contributed by atoms with Gasteiger partial charge in [-0.2, -0.15) is 13.2 Å². The highest BCUT2D eigenvalue weighted by Crippen LogP contribution is 2.37. The number of thiazole rings is 2. The van der Waals surface area contributed by atoms with Gasteiger partial charge in [-0.15, -0.1) is 34.4 Å². The van der Waals surface area contributed by atoms with Crippen molar-refractivity contribution in [2.24, 2.45) is 0 Å². The lowest BCUT2D eigenvalue weighted by atomic mass is 10.1. The fourth-order valence-corrected chi connectivity index (χ4v) is 6.57. The molecular weight excluding hydrogens is 508 g/mol. The Morgan fingerprint density at radius 1 is 1.12 bits per heavy atom. The van der Waals surface area contributed by atoms with Crippen LogP contribution in [0.2, 0.25) is 0 Å². The molecule has 0 saturated heterocycles. The van der Waals surface area contributed by atoms with Crippen LogP contribution >= 0.6 is 34.4 Å². The predicted octanol–water partition coefficient (Wildman–Crippen LogP) is 7.50. The largest absolute Gasteiger partial charge is 0.481 e. The second kappa shape index (κ2) is 9.63. The van der Waals surface area contributed by atoms with Crippen molar-refractivity contribution in [1.29, 1.82) is 0 Å². The molecule has 0 saturated carbocycles. The van der Waals surface area contributed by atoms with Crippen molar-refractivity contribution in [3.8, 4) is 10.6 Å². The molecule has 1 N–H and O–H groups in total. The molecule has 34 heavy (non-hydrogen) atoms. The Labute approximate surface area is 204 Å². The molecule has 11 heteroatoms. The van der Waals surface area contributed by atoms with Gasteiger partial charge in [-0.05, 0) is 43.7 Å². The van der Waals surface area contributed by atoms with Gasteiger partial charge in [0.25, 0.3) is 0 Å². The molecule has 4 rings (SSSR count). The van der Waals surface area contributed by atoms with E-state index in [1.807, 2.05) is 19.9 Å². The summed E-state index contributed by atoms with van der Waals surface area (Å²) >= 11 is 4.41. The van der Waals surface area contributed by atoms with Gasteiger partial charge in [0.15, 0.2) is 0 Å². The van der Waals surface area contributed by atoms with Crippen molar-refractivity contribution in [2.75, 3.05) is 0 Å². The average Bonchev–Trinajstić information content (AvgIpc) is 3.33. The van der Waals surface area contributed by atoms with Gasteiger partial charge < -0.3 is 5.11 Å². The summed E-state index contributed by atoms with van der Waals surface area (Å²) in [5.74, 6) is -1.58. The topological polar surface area (TPSA) is 63.1 Å². The number of alkyl halides is 3. The van der Waals surface area contributed by atoms with Gasteiger partial charge in [-0.3, -0.25) is 4.79 Å². The lowest BCUT2D eigenvalue weighted by molar-refractivity contribution is -0.140. The molecule has 0 unspecified atom stereocenters. The van der Waals surface area contributed by atoms with E-state index in [4.69, 9.17) is 5.11 Å². The maximum Gasteiger partial charge on any atom is 0.419 e. The molecule has 0 amide bonds. The normalized spacial score (nSPS) is 11.9. The molecule has 0 aliphatic heterocycles. The number of aryl methyl sites for hydroxylation is 3. The average molecular weight is 527 g/mol. The minimum absolute atomic E-state index is 0.0380. The van der Waals surface area contributed by atoms with Gasteiger partial charge in [0.1, 0.15) is 10.8 Å². The molecule has 0 fully saturated rings. The molecule has 0 aliphatic carbocycles. The fraction of sp³-hybridized carbons (Fsp3) is 0.261. The molecule has 4 nitrogen and oxygen atoms in total. The van der Waals surface area contributed by atoms with E-state index in [1.54, 1.807) is 11.8 Å². The van der Waals surface area contributed by atoms with Crippen molar-refractivity contribution in [2.45, 2.75) is 43.5 Å². The number of nitrogens with zero attached hydrogens (tertiary/aromatic N) is 2. The maximum atomic E-state index is 14.0. The smallest absolute Gasteiger partial charge is 0.419 e. The van der Waals surface area contributed by atoms with Crippen LogP contribution in [0.15, 0.2) is 35.2 Å². The summed E-state index contributed by atoms with van der Waals surface area (Å²) in [6.45, 7) is 3.81. The third-order valence-corrected chi connectivity index (χ3v) is 8.69. The standard InChI is InChI=1S/C23H18F4N2O2S3/c1-11-7-14(9-17-21(11)34-19(29-17)5-6-20(30)31)32-10-18-12(2)28-22(33-18)13-3-4-15(16(24)8-13)23(25,26)27/h3-4,7-9H,5-6,10H2,1-2H3,(H,30,31). The molecule has 4 aromatic rings. The van der Waals surface area contributed by atoms with E-state index in [0.717, 1.165) is 48.4 Å². The van der Waals surface area contributed by atoms with Crippen LogP contribution in [0, 0.1) is 19.7 Å². The lowest BCUT2D eigenvalue weighted by Gasteiger charge is -2.08. The first-order valence-electron chi connectivity index (χ1n) is 10.1. The zero-order chi connectivity index (χ0) is 24.6. The molecule has 2 aromatic heterocycles. The first kappa shape index (κ1) is 24.6. The first-order chi connectivity index (χ1) is 16.0. The minimum atomic E-state index is -4.74. The first-order valence-corrected chi connectivity index (χ1v) is 12.7. The number of benzene rings is 2. The maximum absolute atomic E-state index is 14.0. The van der Waals surface area contributed by atoms with Gasteiger partial charge in [0.2, 0.25) is 0 Å². The van der Waals surface area contributed by atoms with Crippen molar-refractivity contribution in [3.63, 3.8) is 0 Å². The molecule has 2 aromatic carbocycles. The number of carbonyl (C=O) groups is 1. The monoisotopic (exact) mass is 526 g/mol. The second-order valence-electron chi connectivity index (χ2n) is 7.60. The van der Waals surface area contributed by atoms with Crippen LogP contribution < -0.4 is 0 Å². The van der Waals surface area contributed by atoms with E-state index in [2.05, 4.69) is 16.0 Å². The number of fused-ring (bicyclic) bond motifs is 1. The quantitative estimate of drug-likeness (QED) is 0.200. The Morgan fingerprint density at radius 3 is 2.56 bits per heavy atom. The summed E-state index contributed by atoms with van der Waals surface area (Å²) in [6.07, 6.45) is -4.31. The molecule has 2 heterocycles. The molecule has 0 atom stereocenters. The van der Waals surface area contributed by atoms with Gasteiger partial charge in [0, 0.05) is 27.5 Å². The number of hydrogen-bond donors (Lipinski definition) is 1. The van der Waals surface area contributed by atoms with Crippen molar-refractivity contribution >= 4 is 50.6 Å². The van der Waals surface area contributed by atoms with Gasteiger partial charge in [0.05, 0.1) is 32.9 Å². The second-order valence-corrected chi connectivity index (χ2v) is 10.8. The minimum Gasteiger partial charge on any atom is -0.481 e. The SMILES string of the molecule is Cc1nc(-c2ccc(C(F)(F)F)c(F)c2)sc1CSc1cc(C)c2sc(CCC(=O)O)nc2c1. The number of hydrogen-bond acceptors (Lipinski definition) is 6. The van der Waals surface area contributed by atoms with E-state index in [1.165, 1.54) is 28.7 Å². The lowest BCUT2D eigenvalue weighted by Crippen LogP contribution is -2.07. The molecule has 0 radical (unpaired) electrons. The Kier molecular flexibility index (Phi) is 6.97. The summed E-state index contributed by atoms with van der Waals surface area (Å²) in [7, 11) is 0. The highest BCUT2D eigenvalue weighted by atomic mass is 32.2. The van der Waals surface area contributed by atoms with Crippen LogP contribution in [0.5, 0.6) is 0 Å². The van der Waals surface area contributed by atoms with E-state index in [-0.39, 0.29) is 6.42 Å². The summed E-state index contributed by atoms with van der Waals surface area (Å²) in [5, 5.41) is 10.1. The number of thioether (sulfide) groups is 1. The van der Waals surface area contributed by atoms with E-state index >= 15 is 0 Å². The van der Waals surface area contributed by atoms with Crippen LogP contribution in [0.4, 0.5) is 17.6 Å². The summed E-state index contributed by atoms with van der Waals surface area (Å²) in [4.78, 5) is 21.8.